The second-order valence-electron chi connectivity index (χ2n) is 2.78. The SMILES string of the molecule is CCC(S)CSCCCS(=O)(=O)O. The molecule has 0 aromatic carbocycles. The van der Waals surface area contributed by atoms with Crippen molar-refractivity contribution in [1.82, 2.24) is 0 Å². The molecule has 0 saturated carbocycles. The standard InChI is InChI=1S/C7H16O3S3/c1-2-7(11)6-12-4-3-5-13(8,9)10/h7,11H,2-6H2,1H3,(H,8,9,10). The third kappa shape index (κ3) is 10.5. The predicted octanol–water partition coefficient (Wildman–Crippen LogP) is 1.71. The molecule has 1 N–H and O–H groups in total. The van der Waals surface area contributed by atoms with Gasteiger partial charge in [0, 0.05) is 11.0 Å². The van der Waals surface area contributed by atoms with Crippen LogP contribution in [0.5, 0.6) is 0 Å². The maximum atomic E-state index is 10.3. The lowest BCUT2D eigenvalue weighted by Gasteiger charge is -2.05. The van der Waals surface area contributed by atoms with Crippen molar-refractivity contribution < 1.29 is 13.0 Å². The lowest BCUT2D eigenvalue weighted by molar-refractivity contribution is 0.482. The number of thiol groups is 1. The predicted molar refractivity (Wildman–Crippen MR) is 61.4 cm³/mol. The van der Waals surface area contributed by atoms with E-state index in [-0.39, 0.29) is 5.75 Å². The first-order valence-corrected chi connectivity index (χ1v) is 7.44. The maximum absolute atomic E-state index is 10.3. The molecule has 0 amide bonds. The van der Waals surface area contributed by atoms with Crippen LogP contribution in [0.1, 0.15) is 19.8 Å². The lowest BCUT2D eigenvalue weighted by Crippen LogP contribution is -2.06. The van der Waals surface area contributed by atoms with Gasteiger partial charge in [-0.15, -0.1) is 0 Å². The van der Waals surface area contributed by atoms with Gasteiger partial charge in [-0.1, -0.05) is 6.92 Å². The van der Waals surface area contributed by atoms with Crippen molar-refractivity contribution in [2.45, 2.75) is 25.0 Å². The van der Waals surface area contributed by atoms with Gasteiger partial charge in [-0.05, 0) is 18.6 Å². The zero-order valence-electron chi connectivity index (χ0n) is 7.64. The number of hydrogen-bond donors (Lipinski definition) is 2. The maximum Gasteiger partial charge on any atom is 0.264 e. The molecule has 0 aromatic rings. The Kier molecular flexibility index (Phi) is 7.30. The largest absolute Gasteiger partial charge is 0.286 e. The van der Waals surface area contributed by atoms with Crippen LogP contribution in [-0.4, -0.2) is 35.5 Å². The highest BCUT2D eigenvalue weighted by Crippen LogP contribution is 2.11. The number of rotatable bonds is 7. The molecule has 0 saturated heterocycles. The highest BCUT2D eigenvalue weighted by Gasteiger charge is 2.04. The van der Waals surface area contributed by atoms with Gasteiger partial charge in [0.25, 0.3) is 10.1 Å². The molecule has 0 aliphatic carbocycles. The molecular formula is C7H16O3S3. The third-order valence-corrected chi connectivity index (χ3v) is 4.29. The summed E-state index contributed by atoms with van der Waals surface area (Å²) < 4.78 is 29.1. The summed E-state index contributed by atoms with van der Waals surface area (Å²) in [6.07, 6.45) is 1.53. The summed E-state index contributed by atoms with van der Waals surface area (Å²) in [6.45, 7) is 2.07. The second kappa shape index (κ2) is 6.98. The lowest BCUT2D eigenvalue weighted by atomic mass is 10.4. The molecule has 0 spiro atoms. The summed E-state index contributed by atoms with van der Waals surface area (Å²) in [4.78, 5) is 0. The Bertz CT molecular complexity index is 213. The summed E-state index contributed by atoms with van der Waals surface area (Å²) in [5, 5.41) is 0.385. The van der Waals surface area contributed by atoms with Crippen LogP contribution in [0.15, 0.2) is 0 Å². The van der Waals surface area contributed by atoms with Crippen LogP contribution in [0, 0.1) is 0 Å². The smallest absolute Gasteiger partial charge is 0.264 e. The summed E-state index contributed by atoms with van der Waals surface area (Å²) in [5.41, 5.74) is 0. The van der Waals surface area contributed by atoms with Gasteiger partial charge in [-0.2, -0.15) is 32.8 Å². The van der Waals surface area contributed by atoms with Gasteiger partial charge in [-0.25, -0.2) is 0 Å². The minimum Gasteiger partial charge on any atom is -0.286 e. The van der Waals surface area contributed by atoms with Crippen LogP contribution in [0.2, 0.25) is 0 Å². The quantitative estimate of drug-likeness (QED) is 0.407. The molecule has 6 heteroatoms. The van der Waals surface area contributed by atoms with Crippen LogP contribution in [-0.2, 0) is 10.1 Å². The summed E-state index contributed by atoms with van der Waals surface area (Å²) in [5.74, 6) is 1.56. The molecular weight excluding hydrogens is 228 g/mol. The molecule has 0 aromatic heterocycles. The average Bonchev–Trinajstić information content (AvgIpc) is 2.01. The molecule has 1 unspecified atom stereocenters. The van der Waals surface area contributed by atoms with Gasteiger partial charge in [0.2, 0.25) is 0 Å². The molecule has 0 bridgehead atoms. The topological polar surface area (TPSA) is 54.4 Å². The summed E-state index contributed by atoms with van der Waals surface area (Å²) >= 11 is 5.98. The third-order valence-electron chi connectivity index (χ3n) is 1.47. The zero-order valence-corrected chi connectivity index (χ0v) is 10.2. The highest BCUT2D eigenvalue weighted by atomic mass is 32.2. The van der Waals surface area contributed by atoms with Crippen molar-refractivity contribution in [2.75, 3.05) is 17.3 Å². The average molecular weight is 244 g/mol. The van der Waals surface area contributed by atoms with E-state index < -0.39 is 10.1 Å². The fraction of sp³-hybridized carbons (Fsp3) is 1.00. The Balaban J connectivity index is 3.27. The Hall–Kier alpha value is 0.610. The first-order chi connectivity index (χ1) is 5.95. The van der Waals surface area contributed by atoms with Gasteiger partial charge in [0.05, 0.1) is 5.75 Å². The van der Waals surface area contributed by atoms with Crippen LogP contribution in [0.4, 0.5) is 0 Å². The minimum absolute atomic E-state index is 0.136. The first kappa shape index (κ1) is 13.6. The van der Waals surface area contributed by atoms with E-state index >= 15 is 0 Å². The molecule has 0 radical (unpaired) electrons. The fourth-order valence-electron chi connectivity index (χ4n) is 0.681. The summed E-state index contributed by atoms with van der Waals surface area (Å²) in [7, 11) is -3.76. The first-order valence-electron chi connectivity index (χ1n) is 4.16. The molecule has 0 heterocycles. The molecule has 0 fully saturated rings. The molecule has 80 valence electrons. The van der Waals surface area contributed by atoms with E-state index in [0.29, 0.717) is 11.7 Å². The van der Waals surface area contributed by atoms with Crippen molar-refractivity contribution in [2.24, 2.45) is 0 Å². The number of hydrogen-bond acceptors (Lipinski definition) is 4. The van der Waals surface area contributed by atoms with E-state index in [0.717, 1.165) is 17.9 Å². The van der Waals surface area contributed by atoms with Gasteiger partial charge in [0.15, 0.2) is 0 Å². The molecule has 3 nitrogen and oxygen atoms in total. The van der Waals surface area contributed by atoms with Crippen LogP contribution in [0.3, 0.4) is 0 Å². The highest BCUT2D eigenvalue weighted by molar-refractivity contribution is 8.00. The van der Waals surface area contributed by atoms with Crippen LogP contribution in [0.25, 0.3) is 0 Å². The van der Waals surface area contributed by atoms with Crippen molar-refractivity contribution in [3.05, 3.63) is 0 Å². The van der Waals surface area contributed by atoms with Crippen LogP contribution >= 0.6 is 24.4 Å². The van der Waals surface area contributed by atoms with Crippen molar-refractivity contribution in [3.8, 4) is 0 Å². The van der Waals surface area contributed by atoms with Gasteiger partial charge in [-0.3, -0.25) is 4.55 Å². The van der Waals surface area contributed by atoms with E-state index in [9.17, 15) is 8.42 Å². The van der Waals surface area contributed by atoms with E-state index in [1.807, 2.05) is 0 Å². The molecule has 13 heavy (non-hydrogen) atoms. The van der Waals surface area contributed by atoms with E-state index in [4.69, 9.17) is 4.55 Å². The molecule has 0 aliphatic heterocycles. The Morgan fingerprint density at radius 1 is 1.54 bits per heavy atom. The van der Waals surface area contributed by atoms with Gasteiger partial charge < -0.3 is 0 Å². The van der Waals surface area contributed by atoms with Crippen molar-refractivity contribution >= 4 is 34.5 Å². The van der Waals surface area contributed by atoms with E-state index in [1.165, 1.54) is 0 Å². The Labute approximate surface area is 89.8 Å². The van der Waals surface area contributed by atoms with E-state index in [1.54, 1.807) is 11.8 Å². The van der Waals surface area contributed by atoms with Gasteiger partial charge >= 0.3 is 0 Å². The molecule has 0 rings (SSSR count). The minimum atomic E-state index is -3.76. The van der Waals surface area contributed by atoms with Crippen LogP contribution < -0.4 is 0 Å². The zero-order chi connectivity index (χ0) is 10.3. The molecule has 0 aliphatic rings. The van der Waals surface area contributed by atoms with E-state index in [2.05, 4.69) is 19.6 Å². The van der Waals surface area contributed by atoms with Crippen molar-refractivity contribution in [3.63, 3.8) is 0 Å². The molecule has 1 atom stereocenters. The second-order valence-corrected chi connectivity index (χ2v) is 6.23. The van der Waals surface area contributed by atoms with Crippen molar-refractivity contribution in [1.29, 1.82) is 0 Å². The summed E-state index contributed by atoms with van der Waals surface area (Å²) in [6, 6.07) is 0. The fourth-order valence-corrected chi connectivity index (χ4v) is 2.71. The Morgan fingerprint density at radius 3 is 2.62 bits per heavy atom. The Morgan fingerprint density at radius 2 is 2.15 bits per heavy atom. The monoisotopic (exact) mass is 244 g/mol. The number of thioether (sulfide) groups is 1. The van der Waals surface area contributed by atoms with Gasteiger partial charge in [0.1, 0.15) is 0 Å². The normalized spacial score (nSPS) is 14.4.